The van der Waals surface area contributed by atoms with Crippen LogP contribution in [0, 0.1) is 0 Å². The van der Waals surface area contributed by atoms with Crippen LogP contribution in [0.15, 0.2) is 66.4 Å². The van der Waals surface area contributed by atoms with Gasteiger partial charge in [-0.1, -0.05) is 48.1 Å². The molecule has 0 aromatic heterocycles. The number of nitrogens with one attached hydrogen (secondary N) is 1. The highest BCUT2D eigenvalue weighted by Gasteiger charge is 2.34. The van der Waals surface area contributed by atoms with Crippen molar-refractivity contribution in [3.05, 3.63) is 77.6 Å². The molecule has 0 spiro atoms. The van der Waals surface area contributed by atoms with E-state index in [1.165, 1.54) is 16.7 Å². The van der Waals surface area contributed by atoms with Crippen molar-refractivity contribution < 1.29 is 4.74 Å². The van der Waals surface area contributed by atoms with Crippen LogP contribution in [0.2, 0.25) is 0 Å². The van der Waals surface area contributed by atoms with Crippen LogP contribution in [0.3, 0.4) is 0 Å². The van der Waals surface area contributed by atoms with Crippen molar-refractivity contribution in [1.29, 1.82) is 0 Å². The second-order valence-electron chi connectivity index (χ2n) is 5.53. The summed E-state index contributed by atoms with van der Waals surface area (Å²) in [6.07, 6.45) is 15.1. The minimum Gasteiger partial charge on any atom is -0.485 e. The van der Waals surface area contributed by atoms with Gasteiger partial charge in [-0.15, -0.1) is 0 Å². The van der Waals surface area contributed by atoms with Gasteiger partial charge in [-0.2, -0.15) is 0 Å². The molecule has 3 aliphatic rings. The van der Waals surface area contributed by atoms with Gasteiger partial charge in [0.1, 0.15) is 11.9 Å². The summed E-state index contributed by atoms with van der Waals surface area (Å²) in [5.74, 6) is 1.41. The summed E-state index contributed by atoms with van der Waals surface area (Å²) in [7, 11) is 0. The Morgan fingerprint density at radius 1 is 1.10 bits per heavy atom. The lowest BCUT2D eigenvalue weighted by Crippen LogP contribution is -2.18. The zero-order chi connectivity index (χ0) is 13.5. The summed E-state index contributed by atoms with van der Waals surface area (Å²) in [4.78, 5) is 0. The third-order valence-electron chi connectivity index (χ3n) is 4.16. The topological polar surface area (TPSA) is 21.3 Å². The number of fused-ring (bicyclic) bond motifs is 3. The Balaban J connectivity index is 1.78. The molecule has 3 atom stereocenters. The lowest BCUT2D eigenvalue weighted by atomic mass is 9.90. The zero-order valence-electron chi connectivity index (χ0n) is 11.4. The molecule has 20 heavy (non-hydrogen) atoms. The molecule has 100 valence electrons. The summed E-state index contributed by atoms with van der Waals surface area (Å²) in [6, 6.07) is 6.67. The first kappa shape index (κ1) is 11.6. The molecule has 1 N–H and O–H groups in total. The zero-order valence-corrected chi connectivity index (χ0v) is 11.4. The molecule has 0 amide bonds. The molecular formula is C18H17NO. The number of benzene rings is 1. The van der Waals surface area contributed by atoms with Gasteiger partial charge < -0.3 is 10.1 Å². The molecule has 0 fully saturated rings. The van der Waals surface area contributed by atoms with Crippen LogP contribution in [0.4, 0.5) is 0 Å². The SMILES string of the molecule is CC1=CC(c2cccc3c2OC2C=CC=CC32)NC=C1. The van der Waals surface area contributed by atoms with Crippen LogP contribution in [0.1, 0.15) is 30.0 Å². The van der Waals surface area contributed by atoms with Gasteiger partial charge in [-0.25, -0.2) is 0 Å². The Morgan fingerprint density at radius 3 is 2.85 bits per heavy atom. The number of allylic oxidation sites excluding steroid dienone is 4. The van der Waals surface area contributed by atoms with Crippen LogP contribution in [-0.4, -0.2) is 6.10 Å². The van der Waals surface area contributed by atoms with Gasteiger partial charge in [0.2, 0.25) is 0 Å². The summed E-state index contributed by atoms with van der Waals surface area (Å²) in [6.45, 7) is 2.12. The Hall–Kier alpha value is -2.22. The largest absolute Gasteiger partial charge is 0.485 e. The van der Waals surface area contributed by atoms with Gasteiger partial charge >= 0.3 is 0 Å². The molecule has 4 rings (SSSR count). The van der Waals surface area contributed by atoms with Crippen LogP contribution in [-0.2, 0) is 0 Å². The predicted molar refractivity (Wildman–Crippen MR) is 80.7 cm³/mol. The maximum absolute atomic E-state index is 6.20. The fourth-order valence-corrected chi connectivity index (χ4v) is 3.16. The van der Waals surface area contributed by atoms with Crippen molar-refractivity contribution in [3.8, 4) is 5.75 Å². The lowest BCUT2D eigenvalue weighted by Gasteiger charge is -2.20. The number of rotatable bonds is 1. The van der Waals surface area contributed by atoms with E-state index in [9.17, 15) is 0 Å². The molecule has 2 heteroatoms. The fourth-order valence-electron chi connectivity index (χ4n) is 3.16. The highest BCUT2D eigenvalue weighted by Crippen LogP contribution is 2.45. The average Bonchev–Trinajstić information content (AvgIpc) is 2.86. The van der Waals surface area contributed by atoms with Gasteiger partial charge in [0.25, 0.3) is 0 Å². The van der Waals surface area contributed by atoms with Gasteiger partial charge in [-0.05, 0) is 25.3 Å². The van der Waals surface area contributed by atoms with Gasteiger partial charge in [0.15, 0.2) is 0 Å². The number of hydrogen-bond donors (Lipinski definition) is 1. The molecule has 3 unspecified atom stereocenters. The van der Waals surface area contributed by atoms with Crippen LogP contribution < -0.4 is 10.1 Å². The normalized spacial score (nSPS) is 29.2. The van der Waals surface area contributed by atoms with E-state index >= 15 is 0 Å². The molecule has 0 saturated carbocycles. The quantitative estimate of drug-likeness (QED) is 0.833. The number of hydrogen-bond acceptors (Lipinski definition) is 2. The molecule has 2 nitrogen and oxygen atoms in total. The third-order valence-corrected chi connectivity index (χ3v) is 4.16. The van der Waals surface area contributed by atoms with Crippen molar-refractivity contribution in [2.75, 3.05) is 0 Å². The number of dihydropyridines is 1. The minimum absolute atomic E-state index is 0.153. The average molecular weight is 263 g/mol. The first-order valence-corrected chi connectivity index (χ1v) is 7.08. The van der Waals surface area contributed by atoms with E-state index in [1.54, 1.807) is 0 Å². The second-order valence-corrected chi connectivity index (χ2v) is 5.53. The highest BCUT2D eigenvalue weighted by atomic mass is 16.5. The van der Waals surface area contributed by atoms with Crippen LogP contribution >= 0.6 is 0 Å². The van der Waals surface area contributed by atoms with Crippen molar-refractivity contribution in [2.24, 2.45) is 0 Å². The van der Waals surface area contributed by atoms with Gasteiger partial charge in [-0.3, -0.25) is 0 Å². The summed E-state index contributed by atoms with van der Waals surface area (Å²) in [5, 5.41) is 3.40. The monoisotopic (exact) mass is 263 g/mol. The molecule has 2 heterocycles. The summed E-state index contributed by atoms with van der Waals surface area (Å²) < 4.78 is 6.20. The molecule has 1 aromatic carbocycles. The van der Waals surface area contributed by atoms with Crippen molar-refractivity contribution in [1.82, 2.24) is 5.32 Å². The highest BCUT2D eigenvalue weighted by molar-refractivity contribution is 5.53. The molecular weight excluding hydrogens is 246 g/mol. The Labute approximate surface area is 119 Å². The Morgan fingerprint density at radius 2 is 1.95 bits per heavy atom. The molecule has 0 saturated heterocycles. The minimum atomic E-state index is 0.153. The summed E-state index contributed by atoms with van der Waals surface area (Å²) >= 11 is 0. The molecule has 1 aliphatic carbocycles. The Kier molecular flexibility index (Phi) is 2.56. The van der Waals surface area contributed by atoms with E-state index in [4.69, 9.17) is 4.74 Å². The van der Waals surface area contributed by atoms with Gasteiger partial charge in [0.05, 0.1) is 6.04 Å². The lowest BCUT2D eigenvalue weighted by molar-refractivity contribution is 0.266. The first-order chi connectivity index (χ1) is 9.83. The molecule has 1 aromatic rings. The van der Waals surface area contributed by atoms with Crippen molar-refractivity contribution in [3.63, 3.8) is 0 Å². The van der Waals surface area contributed by atoms with Crippen LogP contribution in [0.25, 0.3) is 0 Å². The third kappa shape index (κ3) is 1.72. The first-order valence-electron chi connectivity index (χ1n) is 7.08. The smallest absolute Gasteiger partial charge is 0.129 e. The molecule has 0 bridgehead atoms. The maximum atomic E-state index is 6.20. The van der Waals surface area contributed by atoms with Crippen molar-refractivity contribution >= 4 is 0 Å². The number of ether oxygens (including phenoxy) is 1. The molecule has 0 radical (unpaired) electrons. The van der Waals surface area contributed by atoms with E-state index in [0.717, 1.165) is 5.75 Å². The maximum Gasteiger partial charge on any atom is 0.129 e. The standard InChI is InChI=1S/C18H17NO/c1-12-9-10-19-16(11-12)15-7-4-6-14-13-5-2-3-8-17(13)20-18(14)15/h2-11,13,16-17,19H,1H3. The van der Waals surface area contributed by atoms with E-state index in [2.05, 4.69) is 66.9 Å². The predicted octanol–water partition coefficient (Wildman–Crippen LogP) is 3.76. The number of para-hydroxylation sites is 1. The Bertz CT molecular complexity index is 666. The van der Waals surface area contributed by atoms with E-state index < -0.39 is 0 Å². The molecule has 2 aliphatic heterocycles. The fraction of sp³-hybridized carbons (Fsp3) is 0.222. The van der Waals surface area contributed by atoms with E-state index in [1.807, 2.05) is 6.20 Å². The second kappa shape index (κ2) is 4.41. The van der Waals surface area contributed by atoms with Crippen molar-refractivity contribution in [2.45, 2.75) is 25.0 Å². The summed E-state index contributed by atoms with van der Waals surface area (Å²) in [5.41, 5.74) is 3.81. The van der Waals surface area contributed by atoms with E-state index in [0.29, 0.717) is 5.92 Å². The van der Waals surface area contributed by atoms with Gasteiger partial charge in [0, 0.05) is 17.0 Å². The van der Waals surface area contributed by atoms with Crippen LogP contribution in [0.5, 0.6) is 5.75 Å². The van der Waals surface area contributed by atoms with E-state index in [-0.39, 0.29) is 12.1 Å².